The summed E-state index contributed by atoms with van der Waals surface area (Å²) in [4.78, 5) is 0. The van der Waals surface area contributed by atoms with Crippen LogP contribution in [0.1, 0.15) is 35.6 Å². The minimum atomic E-state index is 0.584. The van der Waals surface area contributed by atoms with Crippen molar-refractivity contribution in [2.24, 2.45) is 0 Å². The second kappa shape index (κ2) is 6.93. The molecule has 0 fully saturated rings. The van der Waals surface area contributed by atoms with Crippen LogP contribution in [-0.2, 0) is 13.0 Å². The van der Waals surface area contributed by atoms with Crippen molar-refractivity contribution in [2.45, 2.75) is 31.7 Å². The lowest BCUT2D eigenvalue weighted by atomic mass is 9.85. The van der Waals surface area contributed by atoms with Gasteiger partial charge in [-0.25, -0.2) is 0 Å². The zero-order valence-corrected chi connectivity index (χ0v) is 15.1. The van der Waals surface area contributed by atoms with Crippen molar-refractivity contribution in [3.63, 3.8) is 0 Å². The van der Waals surface area contributed by atoms with Gasteiger partial charge in [-0.2, -0.15) is 0 Å². The second-order valence-electron chi connectivity index (χ2n) is 6.96. The number of benzene rings is 2. The Labute approximate surface area is 149 Å². The van der Waals surface area contributed by atoms with Gasteiger partial charge in [-0.1, -0.05) is 30.3 Å². The molecular formula is C22H26N2O. The molecule has 0 amide bonds. The van der Waals surface area contributed by atoms with E-state index in [4.69, 9.17) is 4.74 Å². The molecule has 1 heterocycles. The van der Waals surface area contributed by atoms with Crippen LogP contribution in [0.4, 0.5) is 0 Å². The molecule has 0 radical (unpaired) electrons. The van der Waals surface area contributed by atoms with Crippen molar-refractivity contribution in [1.29, 1.82) is 0 Å². The lowest BCUT2D eigenvalue weighted by molar-refractivity contribution is 0.415. The zero-order chi connectivity index (χ0) is 17.2. The Balaban J connectivity index is 1.90. The van der Waals surface area contributed by atoms with Crippen molar-refractivity contribution >= 4 is 10.9 Å². The predicted molar refractivity (Wildman–Crippen MR) is 104 cm³/mol. The first kappa shape index (κ1) is 16.2. The maximum atomic E-state index is 5.51. The van der Waals surface area contributed by atoms with Gasteiger partial charge in [0, 0.05) is 29.7 Å². The lowest BCUT2D eigenvalue weighted by Crippen LogP contribution is -2.22. The van der Waals surface area contributed by atoms with Gasteiger partial charge in [0.15, 0.2) is 0 Å². The lowest BCUT2D eigenvalue weighted by Gasteiger charge is -2.24. The Hall–Kier alpha value is -2.26. The number of rotatable bonds is 5. The summed E-state index contributed by atoms with van der Waals surface area (Å²) in [5, 5.41) is 4.76. The van der Waals surface area contributed by atoms with E-state index in [0.717, 1.165) is 18.8 Å². The molecule has 1 aliphatic carbocycles. The van der Waals surface area contributed by atoms with Crippen molar-refractivity contribution in [1.82, 2.24) is 9.88 Å². The number of hydrogen-bond acceptors (Lipinski definition) is 2. The van der Waals surface area contributed by atoms with Gasteiger partial charge in [-0.3, -0.25) is 0 Å². The number of methoxy groups -OCH3 is 1. The number of nitrogens with one attached hydrogen (secondary N) is 1. The van der Waals surface area contributed by atoms with Gasteiger partial charge >= 0.3 is 0 Å². The number of likely N-dealkylation sites (N-methyl/N-ethyl adjacent to an activating group) is 1. The average Bonchev–Trinajstić information content (AvgIpc) is 2.97. The smallest absolute Gasteiger partial charge is 0.119 e. The molecular weight excluding hydrogens is 308 g/mol. The molecule has 3 aromatic rings. The van der Waals surface area contributed by atoms with Crippen LogP contribution in [0.3, 0.4) is 0 Å². The van der Waals surface area contributed by atoms with E-state index in [0.29, 0.717) is 5.92 Å². The standard InChI is InChI=1S/C22H26N2O/c1-23-14-17-9-6-10-21-22(17)19-13-18(25-2)11-12-20(19)24(21)15-16-7-4-3-5-8-16/h3-5,7-8,11-13,17,23H,6,9-10,14-15H2,1-2H3. The number of ether oxygens (including phenoxy) is 1. The number of nitrogens with zero attached hydrogens (tertiary/aromatic N) is 1. The third-order valence-electron chi connectivity index (χ3n) is 5.43. The molecule has 0 saturated heterocycles. The fourth-order valence-electron chi connectivity index (χ4n) is 4.32. The molecule has 1 aliphatic rings. The topological polar surface area (TPSA) is 26.2 Å². The van der Waals surface area contributed by atoms with Crippen LogP contribution < -0.4 is 10.1 Å². The highest BCUT2D eigenvalue weighted by Crippen LogP contribution is 2.40. The molecule has 1 N–H and O–H groups in total. The average molecular weight is 334 g/mol. The summed E-state index contributed by atoms with van der Waals surface area (Å²) in [6, 6.07) is 17.3. The molecule has 2 aromatic carbocycles. The largest absolute Gasteiger partial charge is 0.497 e. The molecule has 0 saturated carbocycles. The van der Waals surface area contributed by atoms with Gasteiger partial charge in [0.1, 0.15) is 5.75 Å². The van der Waals surface area contributed by atoms with Crippen LogP contribution in [0.2, 0.25) is 0 Å². The van der Waals surface area contributed by atoms with Crippen LogP contribution in [0.15, 0.2) is 48.5 Å². The fraction of sp³-hybridized carbons (Fsp3) is 0.364. The molecule has 3 heteroatoms. The fourth-order valence-corrected chi connectivity index (χ4v) is 4.32. The van der Waals surface area contributed by atoms with Crippen LogP contribution in [-0.4, -0.2) is 25.3 Å². The van der Waals surface area contributed by atoms with Crippen molar-refractivity contribution in [3.8, 4) is 5.75 Å². The Kier molecular flexibility index (Phi) is 4.50. The summed E-state index contributed by atoms with van der Waals surface area (Å²) in [6.45, 7) is 1.97. The highest BCUT2D eigenvalue weighted by molar-refractivity contribution is 5.88. The van der Waals surface area contributed by atoms with E-state index in [1.54, 1.807) is 7.11 Å². The van der Waals surface area contributed by atoms with Crippen molar-refractivity contribution in [2.75, 3.05) is 20.7 Å². The van der Waals surface area contributed by atoms with Gasteiger partial charge in [-0.15, -0.1) is 0 Å². The van der Waals surface area contributed by atoms with Crippen LogP contribution >= 0.6 is 0 Å². The van der Waals surface area contributed by atoms with Crippen molar-refractivity contribution < 1.29 is 4.74 Å². The summed E-state index contributed by atoms with van der Waals surface area (Å²) in [5.41, 5.74) is 5.73. The van der Waals surface area contributed by atoms with E-state index >= 15 is 0 Å². The molecule has 3 nitrogen and oxygen atoms in total. The molecule has 25 heavy (non-hydrogen) atoms. The molecule has 0 spiro atoms. The van der Waals surface area contributed by atoms with E-state index < -0.39 is 0 Å². The SMILES string of the molecule is CNCC1CCCc2c1c1cc(OC)ccc1n2Cc1ccccc1. The number of fused-ring (bicyclic) bond motifs is 3. The Bertz CT molecular complexity index is 867. The molecule has 1 atom stereocenters. The van der Waals surface area contributed by atoms with Crippen LogP contribution in [0, 0.1) is 0 Å². The zero-order valence-electron chi connectivity index (χ0n) is 15.1. The third kappa shape index (κ3) is 2.93. The Morgan fingerprint density at radius 1 is 1.16 bits per heavy atom. The summed E-state index contributed by atoms with van der Waals surface area (Å²) in [7, 11) is 3.80. The van der Waals surface area contributed by atoms with Gasteiger partial charge in [-0.05, 0) is 61.6 Å². The van der Waals surface area contributed by atoms with E-state index in [2.05, 4.69) is 65.5 Å². The summed E-state index contributed by atoms with van der Waals surface area (Å²) in [6.07, 6.45) is 3.69. The van der Waals surface area contributed by atoms with Crippen LogP contribution in [0.5, 0.6) is 5.75 Å². The minimum Gasteiger partial charge on any atom is -0.497 e. The quantitative estimate of drug-likeness (QED) is 0.751. The van der Waals surface area contributed by atoms with Gasteiger partial charge in [0.05, 0.1) is 7.11 Å². The first-order valence-corrected chi connectivity index (χ1v) is 9.19. The highest BCUT2D eigenvalue weighted by atomic mass is 16.5. The summed E-state index contributed by atoms with van der Waals surface area (Å²) >= 11 is 0. The highest BCUT2D eigenvalue weighted by Gasteiger charge is 2.27. The van der Waals surface area contributed by atoms with Crippen molar-refractivity contribution in [3.05, 3.63) is 65.4 Å². The first-order chi connectivity index (χ1) is 12.3. The summed E-state index contributed by atoms with van der Waals surface area (Å²) < 4.78 is 8.04. The Morgan fingerprint density at radius 2 is 2.00 bits per heavy atom. The van der Waals surface area contributed by atoms with Crippen LogP contribution in [0.25, 0.3) is 10.9 Å². The maximum Gasteiger partial charge on any atom is 0.119 e. The molecule has 1 aromatic heterocycles. The third-order valence-corrected chi connectivity index (χ3v) is 5.43. The van der Waals surface area contributed by atoms with E-state index in [1.807, 2.05) is 0 Å². The molecule has 130 valence electrons. The van der Waals surface area contributed by atoms with E-state index in [-0.39, 0.29) is 0 Å². The first-order valence-electron chi connectivity index (χ1n) is 9.19. The van der Waals surface area contributed by atoms with E-state index in [9.17, 15) is 0 Å². The van der Waals surface area contributed by atoms with Gasteiger partial charge < -0.3 is 14.6 Å². The second-order valence-corrected chi connectivity index (χ2v) is 6.96. The molecule has 1 unspecified atom stereocenters. The monoisotopic (exact) mass is 334 g/mol. The molecule has 4 rings (SSSR count). The Morgan fingerprint density at radius 3 is 2.76 bits per heavy atom. The number of hydrogen-bond donors (Lipinski definition) is 1. The maximum absolute atomic E-state index is 5.51. The normalized spacial score (nSPS) is 16.8. The minimum absolute atomic E-state index is 0.584. The molecule has 0 bridgehead atoms. The van der Waals surface area contributed by atoms with Gasteiger partial charge in [0.25, 0.3) is 0 Å². The van der Waals surface area contributed by atoms with E-state index in [1.165, 1.54) is 47.0 Å². The molecule has 0 aliphatic heterocycles. The van der Waals surface area contributed by atoms with Gasteiger partial charge in [0.2, 0.25) is 0 Å². The number of aromatic nitrogens is 1. The summed E-state index contributed by atoms with van der Waals surface area (Å²) in [5.74, 6) is 1.53. The predicted octanol–water partition coefficient (Wildman–Crippen LogP) is 4.34.